The van der Waals surface area contributed by atoms with Crippen LogP contribution >= 0.6 is 0 Å². The molecule has 0 aliphatic carbocycles. The number of nitro benzene ring substituents is 1. The van der Waals surface area contributed by atoms with Crippen molar-refractivity contribution in [2.75, 3.05) is 25.0 Å². The maximum Gasteiger partial charge on any atom is 0.292 e. The zero-order chi connectivity index (χ0) is 17.6. The molecule has 1 N–H and O–H groups in total. The van der Waals surface area contributed by atoms with Crippen LogP contribution in [0.3, 0.4) is 0 Å². The van der Waals surface area contributed by atoms with Crippen molar-refractivity contribution in [1.29, 1.82) is 0 Å². The van der Waals surface area contributed by atoms with Gasteiger partial charge in [0.15, 0.2) is 0 Å². The third kappa shape index (κ3) is 4.39. The van der Waals surface area contributed by atoms with Crippen LogP contribution in [0, 0.1) is 10.1 Å². The lowest BCUT2D eigenvalue weighted by Gasteiger charge is -2.26. The minimum atomic E-state index is -0.495. The van der Waals surface area contributed by atoms with Crippen molar-refractivity contribution in [1.82, 2.24) is 4.90 Å². The van der Waals surface area contributed by atoms with Crippen LogP contribution in [0.15, 0.2) is 53.2 Å². The molecular weight excluding hydrogens is 320 g/mol. The molecule has 2 heterocycles. The Labute approximate surface area is 145 Å². The van der Waals surface area contributed by atoms with Crippen molar-refractivity contribution in [2.45, 2.75) is 19.3 Å². The smallest absolute Gasteiger partial charge is 0.292 e. The first-order valence-corrected chi connectivity index (χ1v) is 8.30. The molecular formula is C18H20N4O3. The van der Waals surface area contributed by atoms with Crippen molar-refractivity contribution in [3.63, 3.8) is 0 Å². The lowest BCUT2D eigenvalue weighted by Crippen LogP contribution is -2.37. The molecule has 1 aromatic carbocycles. The van der Waals surface area contributed by atoms with Crippen molar-refractivity contribution in [2.24, 2.45) is 4.99 Å². The van der Waals surface area contributed by atoms with E-state index in [1.807, 2.05) is 11.1 Å². The molecule has 3 rings (SSSR count). The van der Waals surface area contributed by atoms with E-state index in [1.54, 1.807) is 18.2 Å². The van der Waals surface area contributed by atoms with Crippen LogP contribution in [-0.4, -0.2) is 41.1 Å². The summed E-state index contributed by atoms with van der Waals surface area (Å²) >= 11 is 0. The highest BCUT2D eigenvalue weighted by Gasteiger charge is 2.20. The van der Waals surface area contributed by atoms with Crippen LogP contribution in [-0.2, 0) is 4.79 Å². The van der Waals surface area contributed by atoms with Gasteiger partial charge < -0.3 is 5.32 Å². The van der Waals surface area contributed by atoms with E-state index in [4.69, 9.17) is 0 Å². The number of nitrogens with zero attached hydrogens (tertiary/aromatic N) is 3. The molecule has 0 radical (unpaired) electrons. The quantitative estimate of drug-likeness (QED) is 0.659. The highest BCUT2D eigenvalue weighted by molar-refractivity contribution is 6.01. The van der Waals surface area contributed by atoms with E-state index in [2.05, 4.69) is 22.5 Å². The SMILES string of the molecule is O=C(CN1CC=C(C2=NC=CCC2)CC1)Nc1ccccc1[N+](=O)[O-]. The molecule has 0 fully saturated rings. The van der Waals surface area contributed by atoms with Crippen LogP contribution in [0.4, 0.5) is 11.4 Å². The number of hydrogen-bond donors (Lipinski definition) is 1. The number of amides is 1. The Morgan fingerprint density at radius 2 is 2.16 bits per heavy atom. The van der Waals surface area contributed by atoms with Gasteiger partial charge in [0.2, 0.25) is 5.91 Å². The fourth-order valence-electron chi connectivity index (χ4n) is 2.99. The van der Waals surface area contributed by atoms with Gasteiger partial charge in [-0.1, -0.05) is 24.3 Å². The number of nitrogens with one attached hydrogen (secondary N) is 1. The number of anilines is 1. The standard InChI is InChI=1S/C18H20N4O3/c23-18(20-16-6-1-2-7-17(16)22(24)25)13-21-11-8-14(9-12-21)15-5-3-4-10-19-15/h1-2,4,6-8,10H,3,5,9,11-13H2,(H,20,23). The van der Waals surface area contributed by atoms with Gasteiger partial charge in [-0.05, 0) is 30.9 Å². The average molecular weight is 340 g/mol. The van der Waals surface area contributed by atoms with E-state index >= 15 is 0 Å². The monoisotopic (exact) mass is 340 g/mol. The van der Waals surface area contributed by atoms with Gasteiger partial charge in [-0.3, -0.25) is 24.8 Å². The molecule has 0 aromatic heterocycles. The van der Waals surface area contributed by atoms with Crippen LogP contribution in [0.1, 0.15) is 19.3 Å². The first-order chi connectivity index (χ1) is 12.1. The number of rotatable bonds is 5. The summed E-state index contributed by atoms with van der Waals surface area (Å²) in [5, 5.41) is 13.6. The first kappa shape index (κ1) is 17.0. The number of hydrogen-bond acceptors (Lipinski definition) is 5. The van der Waals surface area contributed by atoms with E-state index in [9.17, 15) is 14.9 Å². The summed E-state index contributed by atoms with van der Waals surface area (Å²) in [5.41, 5.74) is 2.54. The molecule has 25 heavy (non-hydrogen) atoms. The number of allylic oxidation sites excluding steroid dienone is 1. The lowest BCUT2D eigenvalue weighted by molar-refractivity contribution is -0.383. The van der Waals surface area contributed by atoms with Crippen molar-refractivity contribution in [3.05, 3.63) is 58.3 Å². The Morgan fingerprint density at radius 1 is 1.32 bits per heavy atom. The van der Waals surface area contributed by atoms with Gasteiger partial charge in [0.25, 0.3) is 5.69 Å². The summed E-state index contributed by atoms with van der Waals surface area (Å²) in [4.78, 5) is 29.2. The summed E-state index contributed by atoms with van der Waals surface area (Å²) < 4.78 is 0. The Bertz CT molecular complexity index is 767. The molecule has 7 heteroatoms. The van der Waals surface area contributed by atoms with E-state index in [-0.39, 0.29) is 23.8 Å². The van der Waals surface area contributed by atoms with Gasteiger partial charge >= 0.3 is 0 Å². The lowest BCUT2D eigenvalue weighted by atomic mass is 9.98. The van der Waals surface area contributed by atoms with Crippen LogP contribution < -0.4 is 5.32 Å². The van der Waals surface area contributed by atoms with Gasteiger partial charge in [-0.25, -0.2) is 0 Å². The minimum absolute atomic E-state index is 0.0972. The number of para-hydroxylation sites is 2. The molecule has 0 saturated heterocycles. The Kier molecular flexibility index (Phi) is 5.35. The van der Waals surface area contributed by atoms with Crippen LogP contribution in [0.25, 0.3) is 0 Å². The Morgan fingerprint density at radius 3 is 2.84 bits per heavy atom. The zero-order valence-electron chi connectivity index (χ0n) is 13.9. The number of carbonyl (C=O) groups excluding carboxylic acids is 1. The maximum atomic E-state index is 12.2. The fraction of sp³-hybridized carbons (Fsp3) is 0.333. The molecule has 130 valence electrons. The van der Waals surface area contributed by atoms with Gasteiger partial charge in [0.05, 0.1) is 11.5 Å². The Balaban J connectivity index is 1.56. The van der Waals surface area contributed by atoms with Gasteiger partial charge in [-0.15, -0.1) is 0 Å². The Hall–Kier alpha value is -2.80. The summed E-state index contributed by atoms with van der Waals surface area (Å²) in [6.45, 7) is 1.67. The van der Waals surface area contributed by atoms with E-state index in [0.717, 1.165) is 31.5 Å². The second-order valence-electron chi connectivity index (χ2n) is 6.04. The third-order valence-electron chi connectivity index (χ3n) is 4.29. The molecule has 7 nitrogen and oxygen atoms in total. The van der Waals surface area contributed by atoms with Crippen molar-refractivity contribution < 1.29 is 9.72 Å². The molecule has 1 amide bonds. The first-order valence-electron chi connectivity index (χ1n) is 8.30. The van der Waals surface area contributed by atoms with Crippen LogP contribution in [0.2, 0.25) is 0 Å². The van der Waals surface area contributed by atoms with Crippen LogP contribution in [0.5, 0.6) is 0 Å². The molecule has 0 bridgehead atoms. The topological polar surface area (TPSA) is 87.8 Å². The zero-order valence-corrected chi connectivity index (χ0v) is 13.9. The predicted octanol–water partition coefficient (Wildman–Crippen LogP) is 2.91. The second-order valence-corrected chi connectivity index (χ2v) is 6.04. The summed E-state index contributed by atoms with van der Waals surface area (Å²) in [5.74, 6) is -0.246. The summed E-state index contributed by atoms with van der Waals surface area (Å²) in [6, 6.07) is 6.16. The molecule has 0 spiro atoms. The molecule has 0 saturated carbocycles. The molecule has 0 unspecified atom stereocenters. The largest absolute Gasteiger partial charge is 0.319 e. The predicted molar refractivity (Wildman–Crippen MR) is 96.7 cm³/mol. The van der Waals surface area contributed by atoms with Gasteiger partial charge in [0, 0.05) is 31.1 Å². The number of aliphatic imine (C=N–C) groups is 1. The van der Waals surface area contributed by atoms with E-state index in [0.29, 0.717) is 6.54 Å². The second kappa shape index (κ2) is 7.85. The number of nitro groups is 1. The molecule has 2 aliphatic rings. The van der Waals surface area contributed by atoms with Gasteiger partial charge in [-0.2, -0.15) is 0 Å². The highest BCUT2D eigenvalue weighted by Crippen LogP contribution is 2.23. The number of carbonyl (C=O) groups is 1. The highest BCUT2D eigenvalue weighted by atomic mass is 16.6. The molecule has 1 aromatic rings. The minimum Gasteiger partial charge on any atom is -0.319 e. The molecule has 2 aliphatic heterocycles. The van der Waals surface area contributed by atoms with Gasteiger partial charge in [0.1, 0.15) is 5.69 Å². The van der Waals surface area contributed by atoms with Crippen molar-refractivity contribution >= 4 is 23.0 Å². The summed E-state index contributed by atoms with van der Waals surface area (Å²) in [6.07, 6.45) is 8.91. The normalized spacial score (nSPS) is 17.6. The fourth-order valence-corrected chi connectivity index (χ4v) is 2.99. The van der Waals surface area contributed by atoms with Crippen molar-refractivity contribution in [3.8, 4) is 0 Å². The van der Waals surface area contributed by atoms with E-state index < -0.39 is 4.92 Å². The van der Waals surface area contributed by atoms with E-state index in [1.165, 1.54) is 11.6 Å². The number of benzene rings is 1. The maximum absolute atomic E-state index is 12.2. The summed E-state index contributed by atoms with van der Waals surface area (Å²) in [7, 11) is 0. The third-order valence-corrected chi connectivity index (χ3v) is 4.29. The average Bonchev–Trinajstić information content (AvgIpc) is 2.63. The molecule has 0 atom stereocenters.